The number of halogens is 1. The Balaban J connectivity index is 3.08. The lowest BCUT2D eigenvalue weighted by molar-refractivity contribution is -0.144. The Morgan fingerprint density at radius 3 is 2.32 bits per heavy atom. The quantitative estimate of drug-likeness (QED) is 0.0801. The van der Waals surface area contributed by atoms with Crippen LogP contribution in [0.5, 0.6) is 0 Å². The number of hydrogen-bond donors (Lipinski definition) is 1. The first-order valence-electron chi connectivity index (χ1n) is 11.8. The summed E-state index contributed by atoms with van der Waals surface area (Å²) in [5.74, 6) is -0.292. The van der Waals surface area contributed by atoms with E-state index < -0.39 is 19.2 Å². The van der Waals surface area contributed by atoms with Gasteiger partial charge in [-0.25, -0.2) is 0 Å². The standard InChI is InChI=1S/C27H43IO4SSi/c1-21(20-32-34(7,8)26(3,4)5)13-12-16-27(25(30)31-6,18-23(29)17-22(2)19-28)33-24-14-10-9-11-15-24/h9-11,13-15,19,23,29H,12,16-18,20H2,1-8H3/b21-13+,22-19-/t23-,27?/m0/s1. The molecule has 0 saturated carbocycles. The van der Waals surface area contributed by atoms with Gasteiger partial charge in [0.05, 0.1) is 19.8 Å². The monoisotopic (exact) mass is 618 g/mol. The minimum Gasteiger partial charge on any atom is -0.468 e. The molecule has 0 aliphatic heterocycles. The van der Waals surface area contributed by atoms with Crippen molar-refractivity contribution >= 4 is 48.6 Å². The molecule has 4 nitrogen and oxygen atoms in total. The van der Waals surface area contributed by atoms with Crippen LogP contribution in [0.1, 0.15) is 60.3 Å². The van der Waals surface area contributed by atoms with E-state index in [1.807, 2.05) is 41.3 Å². The summed E-state index contributed by atoms with van der Waals surface area (Å²) in [6.45, 7) is 15.9. The van der Waals surface area contributed by atoms with E-state index in [1.54, 1.807) is 0 Å². The SMILES string of the molecule is COC(=O)C(CC/C=C(\C)CO[Si](C)(C)C(C)(C)C)(C[C@@H](O)C/C(C)=C\I)Sc1ccccc1. The van der Waals surface area contributed by atoms with Crippen molar-refractivity contribution in [2.45, 2.75) is 94.2 Å². The summed E-state index contributed by atoms with van der Waals surface area (Å²) in [6.07, 6.45) is 3.67. The fourth-order valence-corrected chi connectivity index (χ4v) is 5.99. The summed E-state index contributed by atoms with van der Waals surface area (Å²) in [5, 5.41) is 11.0. The van der Waals surface area contributed by atoms with Crippen molar-refractivity contribution < 1.29 is 19.1 Å². The molecule has 192 valence electrons. The van der Waals surface area contributed by atoms with Gasteiger partial charge in [0, 0.05) is 4.90 Å². The predicted molar refractivity (Wildman–Crippen MR) is 156 cm³/mol. The van der Waals surface area contributed by atoms with E-state index in [2.05, 4.69) is 69.5 Å². The zero-order valence-electron chi connectivity index (χ0n) is 22.1. The number of carbonyl (C=O) groups excluding carboxylic acids is 1. The zero-order chi connectivity index (χ0) is 26.0. The molecule has 0 bridgehead atoms. The van der Waals surface area contributed by atoms with E-state index in [0.29, 0.717) is 32.3 Å². The van der Waals surface area contributed by atoms with Gasteiger partial charge in [0.15, 0.2) is 8.32 Å². The Hall–Kier alpha value is -0.613. The molecule has 0 aliphatic rings. The van der Waals surface area contributed by atoms with Gasteiger partial charge in [-0.3, -0.25) is 4.79 Å². The first kappa shape index (κ1) is 31.4. The first-order valence-corrected chi connectivity index (χ1v) is 16.8. The van der Waals surface area contributed by atoms with Crippen LogP contribution >= 0.6 is 34.4 Å². The summed E-state index contributed by atoms with van der Waals surface area (Å²) < 4.78 is 12.7. The Labute approximate surface area is 226 Å². The minimum atomic E-state index is -1.82. The number of rotatable bonds is 13. The maximum atomic E-state index is 13.2. The molecule has 1 aromatic carbocycles. The molecule has 2 atom stereocenters. The third-order valence-corrected chi connectivity index (χ3v) is 13.4. The topological polar surface area (TPSA) is 55.8 Å². The predicted octanol–water partition coefficient (Wildman–Crippen LogP) is 7.92. The number of benzene rings is 1. The van der Waals surface area contributed by atoms with Gasteiger partial charge in [-0.05, 0) is 73.9 Å². The molecule has 34 heavy (non-hydrogen) atoms. The molecule has 1 rings (SSSR count). The number of esters is 1. The highest BCUT2D eigenvalue weighted by Gasteiger charge is 2.42. The van der Waals surface area contributed by atoms with E-state index in [4.69, 9.17) is 9.16 Å². The average molecular weight is 619 g/mol. The van der Waals surface area contributed by atoms with Crippen molar-refractivity contribution in [2.24, 2.45) is 0 Å². The van der Waals surface area contributed by atoms with Crippen molar-refractivity contribution in [2.75, 3.05) is 13.7 Å². The van der Waals surface area contributed by atoms with Gasteiger partial charge < -0.3 is 14.3 Å². The molecule has 0 heterocycles. The van der Waals surface area contributed by atoms with Crippen molar-refractivity contribution in [1.82, 2.24) is 0 Å². The maximum Gasteiger partial charge on any atom is 0.322 e. The summed E-state index contributed by atoms with van der Waals surface area (Å²) in [6, 6.07) is 9.89. The smallest absolute Gasteiger partial charge is 0.322 e. The largest absolute Gasteiger partial charge is 0.468 e. The number of thioether (sulfide) groups is 1. The highest BCUT2D eigenvalue weighted by atomic mass is 127. The minimum absolute atomic E-state index is 0.167. The second-order valence-corrected chi connectivity index (χ2v) is 17.4. The van der Waals surface area contributed by atoms with Gasteiger partial charge in [0.1, 0.15) is 4.75 Å². The molecule has 0 saturated heterocycles. The number of methoxy groups -OCH3 is 1. The number of ether oxygens (including phenoxy) is 1. The van der Waals surface area contributed by atoms with Gasteiger partial charge in [0.25, 0.3) is 0 Å². The molecule has 0 radical (unpaired) electrons. The van der Waals surface area contributed by atoms with Crippen LogP contribution in [0.25, 0.3) is 0 Å². The Morgan fingerprint density at radius 2 is 1.79 bits per heavy atom. The zero-order valence-corrected chi connectivity index (χ0v) is 26.1. The number of aliphatic hydroxyl groups excluding tert-OH is 1. The molecule has 0 aliphatic carbocycles. The second-order valence-electron chi connectivity index (χ2n) is 10.6. The van der Waals surface area contributed by atoms with E-state index in [1.165, 1.54) is 18.9 Å². The lowest BCUT2D eigenvalue weighted by Crippen LogP contribution is -2.41. The van der Waals surface area contributed by atoms with Gasteiger partial charge in [-0.1, -0.05) is 78.8 Å². The van der Waals surface area contributed by atoms with Crippen molar-refractivity contribution in [3.05, 3.63) is 51.6 Å². The Bertz CT molecular complexity index is 833. The molecular formula is C27H43IO4SSi. The molecule has 1 N–H and O–H groups in total. The number of hydrogen-bond acceptors (Lipinski definition) is 5. The molecule has 0 spiro atoms. The third kappa shape index (κ3) is 10.2. The van der Waals surface area contributed by atoms with Crippen LogP contribution in [-0.4, -0.2) is 44.0 Å². The van der Waals surface area contributed by atoms with Crippen molar-refractivity contribution in [1.29, 1.82) is 0 Å². The van der Waals surface area contributed by atoms with Gasteiger partial charge in [-0.15, -0.1) is 11.8 Å². The first-order chi connectivity index (χ1) is 15.8. The molecule has 7 heteroatoms. The second kappa shape index (κ2) is 14.2. The van der Waals surface area contributed by atoms with Crippen LogP contribution in [0.3, 0.4) is 0 Å². The van der Waals surface area contributed by atoms with Crippen LogP contribution in [0, 0.1) is 0 Å². The van der Waals surface area contributed by atoms with Gasteiger partial charge in [0.2, 0.25) is 0 Å². The molecule has 1 unspecified atom stereocenters. The fraction of sp³-hybridized carbons (Fsp3) is 0.593. The molecular weight excluding hydrogens is 575 g/mol. The van der Waals surface area contributed by atoms with E-state index >= 15 is 0 Å². The van der Waals surface area contributed by atoms with Crippen LogP contribution in [0.4, 0.5) is 0 Å². The van der Waals surface area contributed by atoms with Crippen LogP contribution in [0.15, 0.2) is 56.5 Å². The lowest BCUT2D eigenvalue weighted by atomic mass is 9.92. The fourth-order valence-electron chi connectivity index (χ4n) is 3.31. The molecule has 0 aromatic heterocycles. The van der Waals surface area contributed by atoms with Gasteiger partial charge >= 0.3 is 5.97 Å². The van der Waals surface area contributed by atoms with E-state index in [0.717, 1.165) is 16.0 Å². The number of carbonyl (C=O) groups is 1. The average Bonchev–Trinajstić information content (AvgIpc) is 2.76. The van der Waals surface area contributed by atoms with Crippen LogP contribution in [-0.2, 0) is 14.0 Å². The van der Waals surface area contributed by atoms with Gasteiger partial charge in [-0.2, -0.15) is 0 Å². The molecule has 0 amide bonds. The summed E-state index contributed by atoms with van der Waals surface area (Å²) in [4.78, 5) is 14.2. The highest BCUT2D eigenvalue weighted by Crippen LogP contribution is 2.42. The molecule has 0 fully saturated rings. The summed E-state index contributed by atoms with van der Waals surface area (Å²) >= 11 is 3.68. The third-order valence-electron chi connectivity index (χ3n) is 6.43. The van der Waals surface area contributed by atoms with E-state index in [9.17, 15) is 9.90 Å². The van der Waals surface area contributed by atoms with Crippen LogP contribution in [0.2, 0.25) is 18.1 Å². The lowest BCUT2D eigenvalue weighted by Gasteiger charge is -2.36. The summed E-state index contributed by atoms with van der Waals surface area (Å²) in [7, 11) is -0.388. The van der Waals surface area contributed by atoms with Crippen LogP contribution < -0.4 is 0 Å². The van der Waals surface area contributed by atoms with E-state index in [-0.39, 0.29) is 11.0 Å². The number of aliphatic hydroxyl groups is 1. The highest BCUT2D eigenvalue weighted by molar-refractivity contribution is 14.1. The normalized spacial score (nSPS) is 16.2. The Kier molecular flexibility index (Phi) is 13.1. The molecule has 1 aromatic rings. The van der Waals surface area contributed by atoms with Crippen molar-refractivity contribution in [3.8, 4) is 0 Å². The number of allylic oxidation sites excluding steroid dienone is 1. The Morgan fingerprint density at radius 1 is 1.18 bits per heavy atom. The summed E-state index contributed by atoms with van der Waals surface area (Å²) in [5.41, 5.74) is 2.26. The van der Waals surface area contributed by atoms with Crippen molar-refractivity contribution in [3.63, 3.8) is 0 Å². The maximum absolute atomic E-state index is 13.2.